The van der Waals surface area contributed by atoms with Gasteiger partial charge in [-0.1, -0.05) is 11.6 Å². The summed E-state index contributed by atoms with van der Waals surface area (Å²) in [6, 6.07) is 4.14. The van der Waals surface area contributed by atoms with Gasteiger partial charge < -0.3 is 5.73 Å². The van der Waals surface area contributed by atoms with Crippen LogP contribution in [0.2, 0.25) is 5.02 Å². The van der Waals surface area contributed by atoms with Gasteiger partial charge in [-0.3, -0.25) is 9.97 Å². The third kappa shape index (κ3) is 3.44. The van der Waals surface area contributed by atoms with Crippen molar-refractivity contribution in [1.29, 1.82) is 0 Å². The fraction of sp³-hybridized carbons (Fsp3) is 0.167. The monoisotopic (exact) mass is 312 g/mol. The minimum absolute atomic E-state index is 0.0537. The fourth-order valence-corrected chi connectivity index (χ4v) is 2.60. The highest BCUT2D eigenvalue weighted by Gasteiger charge is 2.15. The third-order valence-corrected chi connectivity index (χ3v) is 4.30. The van der Waals surface area contributed by atoms with Gasteiger partial charge in [-0.05, 0) is 25.1 Å². The van der Waals surface area contributed by atoms with Gasteiger partial charge >= 0.3 is 0 Å². The molecule has 0 saturated carbocycles. The van der Waals surface area contributed by atoms with Crippen LogP contribution in [0.25, 0.3) is 0 Å². The average molecular weight is 313 g/mol. The maximum atomic E-state index is 12.1. The van der Waals surface area contributed by atoms with Crippen molar-refractivity contribution in [2.24, 2.45) is 0 Å². The number of aromatic nitrogens is 2. The largest absolute Gasteiger partial charge is 0.397 e. The van der Waals surface area contributed by atoms with Crippen molar-refractivity contribution >= 4 is 27.3 Å². The molecule has 106 valence electrons. The fourth-order valence-electron chi connectivity index (χ4n) is 1.45. The summed E-state index contributed by atoms with van der Waals surface area (Å²) in [5.74, 6) is 0. The Morgan fingerprint density at radius 3 is 2.65 bits per heavy atom. The van der Waals surface area contributed by atoms with Crippen LogP contribution in [0.15, 0.2) is 35.5 Å². The van der Waals surface area contributed by atoms with Crippen LogP contribution >= 0.6 is 11.6 Å². The maximum absolute atomic E-state index is 12.1. The van der Waals surface area contributed by atoms with Crippen LogP contribution in [0.3, 0.4) is 0 Å². The zero-order valence-corrected chi connectivity index (χ0v) is 12.2. The number of sulfonamides is 1. The van der Waals surface area contributed by atoms with E-state index in [4.69, 9.17) is 17.3 Å². The van der Waals surface area contributed by atoms with Crippen molar-refractivity contribution in [3.63, 3.8) is 0 Å². The Bertz CT molecular complexity index is 717. The highest BCUT2D eigenvalue weighted by molar-refractivity contribution is 7.89. The average Bonchev–Trinajstić information content (AvgIpc) is 2.41. The summed E-state index contributed by atoms with van der Waals surface area (Å²) in [4.78, 5) is 8.17. The van der Waals surface area contributed by atoms with Gasteiger partial charge in [-0.2, -0.15) is 0 Å². The van der Waals surface area contributed by atoms with E-state index in [1.807, 2.05) is 0 Å². The first-order valence-corrected chi connectivity index (χ1v) is 7.57. The van der Waals surface area contributed by atoms with E-state index in [0.29, 0.717) is 10.7 Å². The van der Waals surface area contributed by atoms with Crippen LogP contribution in [-0.2, 0) is 16.6 Å². The first-order chi connectivity index (χ1) is 9.38. The van der Waals surface area contributed by atoms with Gasteiger partial charge in [0.15, 0.2) is 0 Å². The van der Waals surface area contributed by atoms with E-state index in [0.717, 1.165) is 5.69 Å². The van der Waals surface area contributed by atoms with Gasteiger partial charge in [0, 0.05) is 6.20 Å². The molecule has 0 bridgehead atoms. The zero-order valence-electron chi connectivity index (χ0n) is 10.7. The molecule has 2 aromatic rings. The highest BCUT2D eigenvalue weighted by Crippen LogP contribution is 2.22. The molecule has 0 fully saturated rings. The number of hydrogen-bond acceptors (Lipinski definition) is 5. The second-order valence-electron chi connectivity index (χ2n) is 4.16. The van der Waals surface area contributed by atoms with Gasteiger partial charge in [0.25, 0.3) is 0 Å². The molecule has 0 spiro atoms. The lowest BCUT2D eigenvalue weighted by Crippen LogP contribution is -2.24. The molecule has 2 rings (SSSR count). The van der Waals surface area contributed by atoms with E-state index in [1.165, 1.54) is 24.4 Å². The summed E-state index contributed by atoms with van der Waals surface area (Å²) in [5, 5.41) is 0.313. The van der Waals surface area contributed by atoms with Crippen molar-refractivity contribution in [2.45, 2.75) is 18.4 Å². The van der Waals surface area contributed by atoms with Crippen molar-refractivity contribution in [1.82, 2.24) is 14.7 Å². The van der Waals surface area contributed by atoms with E-state index < -0.39 is 10.0 Å². The number of benzene rings is 1. The quantitative estimate of drug-likeness (QED) is 0.834. The predicted octanol–water partition coefficient (Wildman–Crippen LogP) is 1.50. The number of halogens is 1. The second-order valence-corrected chi connectivity index (χ2v) is 6.33. The minimum atomic E-state index is -3.66. The van der Waals surface area contributed by atoms with E-state index in [9.17, 15) is 8.42 Å². The number of nitrogens with two attached hydrogens (primary N) is 1. The molecule has 8 heteroatoms. The van der Waals surface area contributed by atoms with Crippen LogP contribution in [0.4, 0.5) is 5.69 Å². The molecule has 0 amide bonds. The Kier molecular flexibility index (Phi) is 4.22. The van der Waals surface area contributed by atoms with Crippen molar-refractivity contribution in [2.75, 3.05) is 5.73 Å². The molecule has 6 nitrogen and oxygen atoms in total. The minimum Gasteiger partial charge on any atom is -0.397 e. The van der Waals surface area contributed by atoms with Crippen molar-refractivity contribution in [3.8, 4) is 0 Å². The lowest BCUT2D eigenvalue weighted by molar-refractivity contribution is 0.580. The lowest BCUT2D eigenvalue weighted by atomic mass is 10.3. The van der Waals surface area contributed by atoms with Crippen LogP contribution in [0, 0.1) is 6.92 Å². The molecule has 1 heterocycles. The summed E-state index contributed by atoms with van der Waals surface area (Å²) in [6.45, 7) is 1.86. The molecule has 0 aliphatic heterocycles. The Balaban J connectivity index is 2.14. The van der Waals surface area contributed by atoms with Gasteiger partial charge in [-0.15, -0.1) is 0 Å². The van der Waals surface area contributed by atoms with E-state index >= 15 is 0 Å². The smallest absolute Gasteiger partial charge is 0.240 e. The Morgan fingerprint density at radius 2 is 2.05 bits per heavy atom. The first kappa shape index (κ1) is 14.7. The van der Waals surface area contributed by atoms with E-state index in [2.05, 4.69) is 14.7 Å². The summed E-state index contributed by atoms with van der Waals surface area (Å²) >= 11 is 5.76. The highest BCUT2D eigenvalue weighted by atomic mass is 35.5. The molecule has 0 aliphatic rings. The summed E-state index contributed by atoms with van der Waals surface area (Å²) in [6.07, 6.45) is 3.10. The third-order valence-electron chi connectivity index (χ3n) is 2.56. The molecule has 1 aromatic carbocycles. The Morgan fingerprint density at radius 1 is 1.30 bits per heavy atom. The standard InChI is InChI=1S/C12H13ClN4O2S/c1-8-5-16-9(6-15-8)7-17-20(18,19)10-2-3-11(13)12(14)4-10/h2-6,17H,7,14H2,1H3. The van der Waals surface area contributed by atoms with Crippen LogP contribution in [0.1, 0.15) is 11.4 Å². The number of nitrogens with one attached hydrogen (secondary N) is 1. The lowest BCUT2D eigenvalue weighted by Gasteiger charge is -2.07. The first-order valence-electron chi connectivity index (χ1n) is 5.71. The number of rotatable bonds is 4. The summed E-state index contributed by atoms with van der Waals surface area (Å²) < 4.78 is 26.6. The summed E-state index contributed by atoms with van der Waals surface area (Å²) in [7, 11) is -3.66. The number of nitrogen functional groups attached to an aromatic ring is 1. The molecule has 0 atom stereocenters. The van der Waals surface area contributed by atoms with Crippen LogP contribution < -0.4 is 10.5 Å². The van der Waals surface area contributed by atoms with Crippen molar-refractivity contribution < 1.29 is 8.42 Å². The van der Waals surface area contributed by atoms with Gasteiger partial charge in [0.1, 0.15) is 0 Å². The molecule has 0 unspecified atom stereocenters. The second kappa shape index (κ2) is 5.74. The number of nitrogens with zero attached hydrogens (tertiary/aromatic N) is 2. The molecular weight excluding hydrogens is 300 g/mol. The topological polar surface area (TPSA) is 98.0 Å². The van der Waals surface area contributed by atoms with Gasteiger partial charge in [0.2, 0.25) is 10.0 Å². The number of anilines is 1. The molecule has 20 heavy (non-hydrogen) atoms. The number of hydrogen-bond donors (Lipinski definition) is 2. The van der Waals surface area contributed by atoms with E-state index in [-0.39, 0.29) is 17.1 Å². The van der Waals surface area contributed by atoms with Crippen LogP contribution in [-0.4, -0.2) is 18.4 Å². The van der Waals surface area contributed by atoms with E-state index in [1.54, 1.807) is 13.1 Å². The molecular formula is C12H13ClN4O2S. The maximum Gasteiger partial charge on any atom is 0.240 e. The zero-order chi connectivity index (χ0) is 14.8. The molecule has 0 aliphatic carbocycles. The van der Waals surface area contributed by atoms with Gasteiger partial charge in [-0.25, -0.2) is 13.1 Å². The van der Waals surface area contributed by atoms with Gasteiger partial charge in [0.05, 0.1) is 39.7 Å². The molecule has 1 aromatic heterocycles. The Hall–Kier alpha value is -1.70. The molecule has 0 radical (unpaired) electrons. The molecule has 0 saturated heterocycles. The predicted molar refractivity (Wildman–Crippen MR) is 76.7 cm³/mol. The summed E-state index contributed by atoms with van der Waals surface area (Å²) in [5.41, 5.74) is 7.10. The molecule has 3 N–H and O–H groups in total. The van der Waals surface area contributed by atoms with Crippen LogP contribution in [0.5, 0.6) is 0 Å². The normalized spacial score (nSPS) is 11.5. The Labute approximate surface area is 122 Å². The number of aryl methyl sites for hydroxylation is 1. The van der Waals surface area contributed by atoms with Crippen molar-refractivity contribution in [3.05, 3.63) is 47.0 Å². The SMILES string of the molecule is Cc1cnc(CNS(=O)(=O)c2ccc(Cl)c(N)c2)cn1.